The van der Waals surface area contributed by atoms with E-state index >= 15 is 0 Å². The molecule has 0 heterocycles. The van der Waals surface area contributed by atoms with Crippen LogP contribution in [0, 0.1) is 0 Å². The molecule has 0 amide bonds. The zero-order chi connectivity index (χ0) is 15.3. The van der Waals surface area contributed by atoms with Crippen molar-refractivity contribution in [1.82, 2.24) is 10.6 Å². The van der Waals surface area contributed by atoms with Crippen molar-refractivity contribution in [3.8, 4) is 0 Å². The van der Waals surface area contributed by atoms with E-state index in [1.807, 2.05) is 18.8 Å². The van der Waals surface area contributed by atoms with Gasteiger partial charge in [0.05, 0.1) is 0 Å². The average molecular weight is 435 g/mol. The highest BCUT2D eigenvalue weighted by Gasteiger charge is 1.98. The maximum absolute atomic E-state index is 4.25. The second kappa shape index (κ2) is 14.2. The highest BCUT2D eigenvalue weighted by molar-refractivity contribution is 14.0. The fourth-order valence-electron chi connectivity index (χ4n) is 2.07. The van der Waals surface area contributed by atoms with Crippen molar-refractivity contribution in [2.75, 3.05) is 32.1 Å². The predicted molar refractivity (Wildman–Crippen MR) is 112 cm³/mol. The number of aliphatic imine (C=N–C) groups is 1. The number of hydrogen-bond donors (Lipinski definition) is 2. The first kappa shape index (κ1) is 21.6. The molecule has 0 bridgehead atoms. The Bertz CT molecular complexity index is 407. The van der Waals surface area contributed by atoms with Gasteiger partial charge in [-0.2, -0.15) is 11.8 Å². The van der Waals surface area contributed by atoms with E-state index in [0.717, 1.165) is 31.9 Å². The summed E-state index contributed by atoms with van der Waals surface area (Å²) >= 11 is 1.91. The summed E-state index contributed by atoms with van der Waals surface area (Å²) in [6, 6.07) is 8.88. The van der Waals surface area contributed by atoms with Gasteiger partial charge in [0.25, 0.3) is 0 Å². The van der Waals surface area contributed by atoms with Crippen LogP contribution in [-0.4, -0.2) is 38.1 Å². The Labute approximate surface area is 157 Å². The molecule has 0 aliphatic rings. The van der Waals surface area contributed by atoms with Gasteiger partial charge >= 0.3 is 0 Å². The fourth-order valence-corrected chi connectivity index (χ4v) is 2.56. The van der Waals surface area contributed by atoms with Crippen LogP contribution in [0.1, 0.15) is 30.9 Å². The van der Waals surface area contributed by atoms with Crippen molar-refractivity contribution in [2.24, 2.45) is 4.99 Å². The van der Waals surface area contributed by atoms with Crippen LogP contribution in [0.3, 0.4) is 0 Å². The summed E-state index contributed by atoms with van der Waals surface area (Å²) in [5, 5.41) is 6.73. The summed E-state index contributed by atoms with van der Waals surface area (Å²) in [6.45, 7) is 4.09. The second-order valence-corrected chi connectivity index (χ2v) is 6.03. The Balaban J connectivity index is 0.00000441. The minimum absolute atomic E-state index is 0. The van der Waals surface area contributed by atoms with Crippen LogP contribution in [0.2, 0.25) is 0 Å². The number of nitrogens with one attached hydrogen (secondary N) is 2. The molecule has 0 unspecified atom stereocenters. The SMILES string of the molecule is CCc1ccc(CCNC(=NC)NCCCCSC)cc1.I. The summed E-state index contributed by atoms with van der Waals surface area (Å²) in [5.74, 6) is 2.14. The van der Waals surface area contributed by atoms with Gasteiger partial charge in [-0.25, -0.2) is 0 Å². The van der Waals surface area contributed by atoms with Gasteiger partial charge in [0.15, 0.2) is 5.96 Å². The summed E-state index contributed by atoms with van der Waals surface area (Å²) in [4.78, 5) is 4.25. The molecule has 0 saturated heterocycles. The van der Waals surface area contributed by atoms with E-state index in [2.05, 4.69) is 53.1 Å². The van der Waals surface area contributed by atoms with E-state index in [-0.39, 0.29) is 24.0 Å². The number of thioether (sulfide) groups is 1. The second-order valence-electron chi connectivity index (χ2n) is 5.05. The Hall–Kier alpha value is -0.430. The summed E-state index contributed by atoms with van der Waals surface area (Å²) in [5.41, 5.74) is 2.77. The lowest BCUT2D eigenvalue weighted by Crippen LogP contribution is -2.38. The largest absolute Gasteiger partial charge is 0.356 e. The van der Waals surface area contributed by atoms with Crippen molar-refractivity contribution in [2.45, 2.75) is 32.6 Å². The molecule has 0 spiro atoms. The molecule has 0 aliphatic carbocycles. The molecule has 1 aromatic carbocycles. The molecule has 3 nitrogen and oxygen atoms in total. The van der Waals surface area contributed by atoms with Gasteiger partial charge in [-0.05, 0) is 48.8 Å². The highest BCUT2D eigenvalue weighted by atomic mass is 127. The van der Waals surface area contributed by atoms with E-state index in [4.69, 9.17) is 0 Å². The standard InChI is InChI=1S/C17H29N3S.HI/c1-4-15-7-9-16(10-8-15)11-13-20-17(18-2)19-12-5-6-14-21-3;/h7-10H,4-6,11-14H2,1-3H3,(H2,18,19,20);1H. The molecule has 22 heavy (non-hydrogen) atoms. The van der Waals surface area contributed by atoms with Crippen LogP contribution in [-0.2, 0) is 12.8 Å². The zero-order valence-corrected chi connectivity index (χ0v) is 17.2. The highest BCUT2D eigenvalue weighted by Crippen LogP contribution is 2.05. The van der Waals surface area contributed by atoms with Crippen LogP contribution in [0.4, 0.5) is 0 Å². The number of rotatable bonds is 9. The molecule has 2 N–H and O–H groups in total. The Kier molecular flexibility index (Phi) is 13.9. The first-order chi connectivity index (χ1) is 10.3. The summed E-state index contributed by atoms with van der Waals surface area (Å²) in [6.07, 6.45) is 6.73. The summed E-state index contributed by atoms with van der Waals surface area (Å²) in [7, 11) is 1.83. The Morgan fingerprint density at radius 2 is 1.68 bits per heavy atom. The molecule has 0 saturated carbocycles. The molecular weight excluding hydrogens is 405 g/mol. The molecule has 1 aromatic rings. The van der Waals surface area contributed by atoms with Crippen molar-refractivity contribution in [3.05, 3.63) is 35.4 Å². The number of guanidine groups is 1. The number of benzene rings is 1. The molecule has 0 fully saturated rings. The number of hydrogen-bond acceptors (Lipinski definition) is 2. The predicted octanol–water partition coefficient (Wildman–Crippen LogP) is 3.72. The van der Waals surface area contributed by atoms with Crippen LogP contribution >= 0.6 is 35.7 Å². The molecular formula is C17H30IN3S. The number of halogens is 1. The minimum Gasteiger partial charge on any atom is -0.356 e. The molecule has 0 aromatic heterocycles. The first-order valence-corrected chi connectivity index (χ1v) is 9.20. The topological polar surface area (TPSA) is 36.4 Å². The average Bonchev–Trinajstić information content (AvgIpc) is 2.53. The Morgan fingerprint density at radius 3 is 2.27 bits per heavy atom. The third-order valence-electron chi connectivity index (χ3n) is 3.43. The maximum Gasteiger partial charge on any atom is 0.190 e. The van der Waals surface area contributed by atoms with E-state index in [9.17, 15) is 0 Å². The summed E-state index contributed by atoms with van der Waals surface area (Å²) < 4.78 is 0. The van der Waals surface area contributed by atoms with Gasteiger partial charge in [0.2, 0.25) is 0 Å². The molecule has 0 radical (unpaired) electrons. The smallest absolute Gasteiger partial charge is 0.190 e. The van der Waals surface area contributed by atoms with Crippen molar-refractivity contribution < 1.29 is 0 Å². The molecule has 126 valence electrons. The van der Waals surface area contributed by atoms with Crippen LogP contribution in [0.25, 0.3) is 0 Å². The lowest BCUT2D eigenvalue weighted by Gasteiger charge is -2.12. The minimum atomic E-state index is 0. The number of nitrogens with zero attached hydrogens (tertiary/aromatic N) is 1. The van der Waals surface area contributed by atoms with E-state index < -0.39 is 0 Å². The van der Waals surface area contributed by atoms with Gasteiger partial charge in [-0.15, -0.1) is 24.0 Å². The van der Waals surface area contributed by atoms with Gasteiger partial charge in [0, 0.05) is 20.1 Å². The lowest BCUT2D eigenvalue weighted by atomic mass is 10.1. The monoisotopic (exact) mass is 435 g/mol. The quantitative estimate of drug-likeness (QED) is 0.269. The first-order valence-electron chi connectivity index (χ1n) is 7.81. The number of aryl methyl sites for hydroxylation is 1. The maximum atomic E-state index is 4.25. The third-order valence-corrected chi connectivity index (χ3v) is 4.13. The van der Waals surface area contributed by atoms with Gasteiger partial charge in [0.1, 0.15) is 0 Å². The van der Waals surface area contributed by atoms with Gasteiger partial charge < -0.3 is 10.6 Å². The van der Waals surface area contributed by atoms with Crippen LogP contribution in [0.5, 0.6) is 0 Å². The molecule has 1 rings (SSSR count). The van der Waals surface area contributed by atoms with E-state index in [1.54, 1.807) is 0 Å². The molecule has 5 heteroatoms. The Morgan fingerprint density at radius 1 is 1.05 bits per heavy atom. The van der Waals surface area contributed by atoms with Crippen molar-refractivity contribution in [1.29, 1.82) is 0 Å². The van der Waals surface area contributed by atoms with E-state index in [0.29, 0.717) is 0 Å². The van der Waals surface area contributed by atoms with Crippen LogP contribution < -0.4 is 10.6 Å². The number of unbranched alkanes of at least 4 members (excludes halogenated alkanes) is 1. The third kappa shape index (κ3) is 9.56. The molecule has 0 aliphatic heterocycles. The lowest BCUT2D eigenvalue weighted by molar-refractivity contribution is 0.730. The van der Waals surface area contributed by atoms with Crippen molar-refractivity contribution >= 4 is 41.7 Å². The fraction of sp³-hybridized carbons (Fsp3) is 0.588. The molecule has 0 atom stereocenters. The van der Waals surface area contributed by atoms with Gasteiger partial charge in [-0.1, -0.05) is 31.2 Å². The van der Waals surface area contributed by atoms with Crippen molar-refractivity contribution in [3.63, 3.8) is 0 Å². The normalized spacial score (nSPS) is 11.0. The van der Waals surface area contributed by atoms with E-state index in [1.165, 1.54) is 29.7 Å². The van der Waals surface area contributed by atoms with Crippen LogP contribution in [0.15, 0.2) is 29.3 Å². The van der Waals surface area contributed by atoms with Gasteiger partial charge in [-0.3, -0.25) is 4.99 Å². The zero-order valence-electron chi connectivity index (χ0n) is 14.0.